The summed E-state index contributed by atoms with van der Waals surface area (Å²) in [6, 6.07) is 0. The van der Waals surface area contributed by atoms with E-state index in [1.807, 2.05) is 0 Å². The molecule has 0 aromatic carbocycles. The minimum absolute atomic E-state index is 0. The summed E-state index contributed by atoms with van der Waals surface area (Å²) in [5.74, 6) is -1.42. The number of carbonyl (C=O) groups excluding carboxylic acids is 2. The van der Waals surface area contributed by atoms with Crippen LogP contribution in [-0.4, -0.2) is 18.5 Å². The third-order valence-corrected chi connectivity index (χ3v) is 2.52. The van der Waals surface area contributed by atoms with Crippen LogP contribution in [0.1, 0.15) is 64.7 Å². The van der Waals surface area contributed by atoms with Crippen molar-refractivity contribution in [3.05, 3.63) is 0 Å². The maximum absolute atomic E-state index is 11.1. The normalized spacial score (nSPS) is 9.61. The van der Waals surface area contributed by atoms with E-state index in [9.17, 15) is 14.7 Å². The second kappa shape index (κ2) is 15.6. The fraction of sp³-hybridized carbons (Fsp3) is 0.846. The summed E-state index contributed by atoms with van der Waals surface area (Å²) in [5.41, 5.74) is 0. The van der Waals surface area contributed by atoms with Gasteiger partial charge in [0.25, 0.3) is 0 Å². The first-order valence-corrected chi connectivity index (χ1v) is 6.52. The summed E-state index contributed by atoms with van der Waals surface area (Å²) in [5, 5.41) is 10.1. The molecule has 0 aliphatic rings. The summed E-state index contributed by atoms with van der Waals surface area (Å²) in [6.07, 6.45) is 7.32. The van der Waals surface area contributed by atoms with E-state index in [1.165, 1.54) is 25.7 Å². The molecule has 0 N–H and O–H groups in total. The minimum Gasteiger partial charge on any atom is -0.550 e. The first kappa shape index (κ1) is 20.9. The van der Waals surface area contributed by atoms with Crippen LogP contribution in [0.4, 0.5) is 0 Å². The molecule has 5 heteroatoms. The number of hydrogen-bond donors (Lipinski definition) is 0. The van der Waals surface area contributed by atoms with Gasteiger partial charge in [-0.25, -0.2) is 0 Å². The van der Waals surface area contributed by atoms with Crippen LogP contribution in [-0.2, 0) is 14.3 Å². The number of aliphatic carboxylic acids is 1. The number of rotatable bonds is 11. The average molecular weight is 282 g/mol. The van der Waals surface area contributed by atoms with Gasteiger partial charge in [0.15, 0.2) is 0 Å². The van der Waals surface area contributed by atoms with E-state index in [0.717, 1.165) is 12.8 Å². The molecule has 0 radical (unpaired) electrons. The molecule has 0 amide bonds. The van der Waals surface area contributed by atoms with E-state index >= 15 is 0 Å². The van der Waals surface area contributed by atoms with Gasteiger partial charge in [-0.3, -0.25) is 4.79 Å². The summed E-state index contributed by atoms with van der Waals surface area (Å²) >= 11 is 0. The maximum Gasteiger partial charge on any atom is 1.00 e. The molecule has 0 heterocycles. The molecule has 0 saturated heterocycles. The van der Waals surface area contributed by atoms with E-state index in [0.29, 0.717) is 13.0 Å². The number of ether oxygens (including phenoxy) is 1. The number of hydrogen-bond acceptors (Lipinski definition) is 4. The van der Waals surface area contributed by atoms with Crippen molar-refractivity contribution in [2.75, 3.05) is 6.61 Å². The van der Waals surface area contributed by atoms with E-state index in [-0.39, 0.29) is 70.2 Å². The first-order chi connectivity index (χ1) is 8.16. The number of carboxylic acids is 1. The van der Waals surface area contributed by atoms with Gasteiger partial charge in [0.2, 0.25) is 0 Å². The van der Waals surface area contributed by atoms with Crippen molar-refractivity contribution < 1.29 is 70.8 Å². The first-order valence-electron chi connectivity index (χ1n) is 6.52. The molecule has 0 saturated carbocycles. The van der Waals surface area contributed by atoms with Crippen molar-refractivity contribution in [2.24, 2.45) is 0 Å². The van der Waals surface area contributed by atoms with Crippen LogP contribution >= 0.6 is 0 Å². The maximum atomic E-state index is 11.1. The largest absolute Gasteiger partial charge is 1.00 e. The molecule has 0 rings (SSSR count). The van der Waals surface area contributed by atoms with Crippen LogP contribution in [0.25, 0.3) is 0 Å². The quantitative estimate of drug-likeness (QED) is 0.272. The van der Waals surface area contributed by atoms with Gasteiger partial charge in [-0.05, 0) is 19.3 Å². The van der Waals surface area contributed by atoms with E-state index in [1.54, 1.807) is 0 Å². The molecule has 0 aliphatic heterocycles. The zero-order chi connectivity index (χ0) is 12.9. The van der Waals surface area contributed by atoms with Crippen molar-refractivity contribution >= 4 is 11.9 Å². The predicted octanol–water partition coefficient (Wildman–Crippen LogP) is -1.19. The van der Waals surface area contributed by atoms with Crippen LogP contribution in [0.2, 0.25) is 0 Å². The number of carboxylic acid groups (broad SMARTS) is 1. The summed E-state index contributed by atoms with van der Waals surface area (Å²) in [7, 11) is 0. The third kappa shape index (κ3) is 16.6. The molecule has 0 aromatic heterocycles. The van der Waals surface area contributed by atoms with Crippen LogP contribution in [0.5, 0.6) is 0 Å². The molecule has 0 fully saturated rings. The zero-order valence-corrected chi connectivity index (χ0v) is 14.8. The van der Waals surface area contributed by atoms with Gasteiger partial charge in [-0.1, -0.05) is 39.0 Å². The smallest absolute Gasteiger partial charge is 0.550 e. The Balaban J connectivity index is 0. The summed E-state index contributed by atoms with van der Waals surface area (Å²) < 4.78 is 4.98. The summed E-state index contributed by atoms with van der Waals surface area (Å²) in [6.45, 7) is 2.63. The van der Waals surface area contributed by atoms with Gasteiger partial charge in [0.05, 0.1) is 6.61 Å². The van der Waals surface area contributed by atoms with Gasteiger partial charge in [-0.15, -0.1) is 0 Å². The van der Waals surface area contributed by atoms with E-state index in [2.05, 4.69) is 6.92 Å². The minimum atomic E-state index is -1.12. The monoisotopic (exact) mass is 282 g/mol. The van der Waals surface area contributed by atoms with Gasteiger partial charge in [0, 0.05) is 12.4 Å². The van der Waals surface area contributed by atoms with Crippen LogP contribution in [0.15, 0.2) is 0 Å². The van der Waals surface area contributed by atoms with Gasteiger partial charge in [0.1, 0.15) is 0 Å². The fourth-order valence-corrected chi connectivity index (χ4v) is 1.52. The predicted molar refractivity (Wildman–Crippen MR) is 63.2 cm³/mol. The average Bonchev–Trinajstić information content (AvgIpc) is 2.27. The Bertz CT molecular complexity index is 219. The number of esters is 1. The van der Waals surface area contributed by atoms with Gasteiger partial charge in [-0.2, -0.15) is 0 Å². The molecule has 0 aliphatic carbocycles. The van der Waals surface area contributed by atoms with Crippen LogP contribution in [0, 0.1) is 0 Å². The molecule has 100 valence electrons. The van der Waals surface area contributed by atoms with Crippen molar-refractivity contribution in [3.8, 4) is 0 Å². The molecule has 0 bridgehead atoms. The number of carbonyl (C=O) groups is 2. The molecule has 0 unspecified atom stereocenters. The Morgan fingerprint density at radius 2 is 1.56 bits per heavy atom. The molecular formula is C13H23KO4. The molecule has 0 spiro atoms. The van der Waals surface area contributed by atoms with Crippen molar-refractivity contribution in [1.29, 1.82) is 0 Å². The Kier molecular flexibility index (Phi) is 18.1. The standard InChI is InChI=1S/C13H24O4.K/c1-2-3-4-5-6-7-11-17-13(16)10-8-9-12(14)15;/h2-11H2,1H3,(H,14,15);/q;+1/p-1. The van der Waals surface area contributed by atoms with Crippen molar-refractivity contribution in [3.63, 3.8) is 0 Å². The Morgan fingerprint density at radius 1 is 0.944 bits per heavy atom. The summed E-state index contributed by atoms with van der Waals surface area (Å²) in [4.78, 5) is 21.2. The molecule has 4 nitrogen and oxygen atoms in total. The topological polar surface area (TPSA) is 66.4 Å². The van der Waals surface area contributed by atoms with E-state index in [4.69, 9.17) is 4.74 Å². The number of unbranched alkanes of at least 4 members (excludes halogenated alkanes) is 5. The van der Waals surface area contributed by atoms with E-state index < -0.39 is 5.97 Å². The molecule has 0 atom stereocenters. The molecule has 18 heavy (non-hydrogen) atoms. The molecular weight excluding hydrogens is 259 g/mol. The molecule has 0 aromatic rings. The van der Waals surface area contributed by atoms with Crippen LogP contribution < -0.4 is 56.5 Å². The van der Waals surface area contributed by atoms with Gasteiger partial charge >= 0.3 is 57.4 Å². The fourth-order valence-electron chi connectivity index (χ4n) is 1.52. The van der Waals surface area contributed by atoms with Crippen LogP contribution in [0.3, 0.4) is 0 Å². The Morgan fingerprint density at radius 3 is 2.17 bits per heavy atom. The third-order valence-electron chi connectivity index (χ3n) is 2.52. The van der Waals surface area contributed by atoms with Crippen molar-refractivity contribution in [2.45, 2.75) is 64.7 Å². The SMILES string of the molecule is CCCCCCCCOC(=O)CCCC(=O)[O-].[K+]. The second-order valence-corrected chi connectivity index (χ2v) is 4.21. The van der Waals surface area contributed by atoms with Gasteiger partial charge < -0.3 is 14.6 Å². The Labute approximate surface area is 152 Å². The van der Waals surface area contributed by atoms with Crippen molar-refractivity contribution in [1.82, 2.24) is 0 Å². The second-order valence-electron chi connectivity index (χ2n) is 4.21. The Hall–Kier alpha value is 0.576. The zero-order valence-electron chi connectivity index (χ0n) is 11.7.